The van der Waals surface area contributed by atoms with Crippen molar-refractivity contribution in [1.29, 1.82) is 0 Å². The molecule has 1 saturated heterocycles. The highest BCUT2D eigenvalue weighted by Gasteiger charge is 2.36. The van der Waals surface area contributed by atoms with Crippen LogP contribution in [0, 0.1) is 11.8 Å². The first-order valence-electron chi connectivity index (χ1n) is 21.1. The number of aliphatic carboxylic acids is 1. The first-order chi connectivity index (χ1) is 30.5. The summed E-state index contributed by atoms with van der Waals surface area (Å²) in [7, 11) is 0. The molecule has 2 aliphatic heterocycles. The summed E-state index contributed by atoms with van der Waals surface area (Å²) in [4.78, 5) is 163. The number of imide groups is 1. The maximum atomic E-state index is 13.5. The molecule has 2 rings (SSSR count). The van der Waals surface area contributed by atoms with E-state index in [1.807, 2.05) is 13.8 Å². The molecule has 65 heavy (non-hydrogen) atoms. The Morgan fingerprint density at radius 2 is 1.48 bits per heavy atom. The van der Waals surface area contributed by atoms with Crippen LogP contribution in [-0.4, -0.2) is 161 Å². The van der Waals surface area contributed by atoms with Gasteiger partial charge in [0.15, 0.2) is 11.6 Å². The summed E-state index contributed by atoms with van der Waals surface area (Å²) in [6.45, 7) is 6.70. The predicted octanol–water partition coefficient (Wildman–Crippen LogP) is -4.84. The topological polar surface area (TPSA) is 371 Å². The number of hydrazine groups is 1. The summed E-state index contributed by atoms with van der Waals surface area (Å²) in [5.41, 5.74) is 9.71. The third-order valence-corrected chi connectivity index (χ3v) is 10.4. The molecular weight excluding hydrogens is 859 g/mol. The van der Waals surface area contributed by atoms with E-state index in [0.717, 1.165) is 12.2 Å². The van der Waals surface area contributed by atoms with Crippen LogP contribution in [0.15, 0.2) is 12.2 Å². The summed E-state index contributed by atoms with van der Waals surface area (Å²) >= 11 is 0. The molecule has 2 heterocycles. The number of hydrogen-bond donors (Lipinski definition) is 10. The number of rotatable bonds is 30. The quantitative estimate of drug-likeness (QED) is 0.00807. The summed E-state index contributed by atoms with van der Waals surface area (Å²) in [5.74, 6) is -11.0. The third kappa shape index (κ3) is 18.6. The highest BCUT2D eigenvalue weighted by molar-refractivity contribution is 6.35. The van der Waals surface area contributed by atoms with Crippen molar-refractivity contribution in [2.75, 3.05) is 39.4 Å². The number of ketones is 3. The molecular formula is C40H61N11O14. The van der Waals surface area contributed by atoms with Crippen molar-refractivity contribution < 1.29 is 67.4 Å². The average Bonchev–Trinajstić information content (AvgIpc) is 3.87. The van der Waals surface area contributed by atoms with E-state index in [1.54, 1.807) is 13.8 Å². The third-order valence-electron chi connectivity index (χ3n) is 10.4. The Labute approximate surface area is 374 Å². The van der Waals surface area contributed by atoms with Gasteiger partial charge in [0.25, 0.3) is 23.5 Å². The van der Waals surface area contributed by atoms with Gasteiger partial charge in [-0.1, -0.05) is 34.1 Å². The van der Waals surface area contributed by atoms with E-state index in [4.69, 9.17) is 10.8 Å². The highest BCUT2D eigenvalue weighted by atomic mass is 16.4. The van der Waals surface area contributed by atoms with Crippen LogP contribution in [0.1, 0.15) is 79.6 Å². The van der Waals surface area contributed by atoms with Gasteiger partial charge < -0.3 is 37.0 Å². The van der Waals surface area contributed by atoms with Crippen molar-refractivity contribution >= 4 is 76.5 Å². The van der Waals surface area contributed by atoms with Crippen LogP contribution in [0.4, 0.5) is 0 Å². The smallest absolute Gasteiger partial charge is 0.374 e. The van der Waals surface area contributed by atoms with E-state index in [2.05, 4.69) is 42.8 Å². The fourth-order valence-electron chi connectivity index (χ4n) is 6.59. The number of nitrogens with zero attached hydrogens (tertiary/aromatic N) is 2. The number of Topliss-reactive ketones (excluding diaryl/α,β-unsaturated/α-hetero) is 3. The number of carbonyl (C=O) groups excluding carboxylic acids is 12. The van der Waals surface area contributed by atoms with Crippen LogP contribution in [0.2, 0.25) is 0 Å². The minimum atomic E-state index is -1.80. The molecule has 0 radical (unpaired) electrons. The number of nitrogens with one attached hydrogen (secondary N) is 8. The Kier molecular flexibility index (Phi) is 22.7. The Morgan fingerprint density at radius 1 is 0.831 bits per heavy atom. The normalized spacial score (nSPS) is 16.8. The minimum absolute atomic E-state index is 0.0937. The zero-order valence-corrected chi connectivity index (χ0v) is 37.1. The number of primary amides is 1. The Morgan fingerprint density at radius 3 is 2.08 bits per heavy atom. The van der Waals surface area contributed by atoms with Crippen LogP contribution < -0.4 is 48.5 Å². The summed E-state index contributed by atoms with van der Waals surface area (Å²) in [6.07, 6.45) is 2.19. The van der Waals surface area contributed by atoms with Gasteiger partial charge in [0, 0.05) is 31.8 Å². The maximum absolute atomic E-state index is 13.5. The van der Waals surface area contributed by atoms with Crippen LogP contribution >= 0.6 is 0 Å². The first-order valence-corrected chi connectivity index (χ1v) is 21.1. The lowest BCUT2D eigenvalue weighted by Gasteiger charge is -2.27. The van der Waals surface area contributed by atoms with Gasteiger partial charge >= 0.3 is 5.97 Å². The van der Waals surface area contributed by atoms with Crippen LogP contribution in [0.3, 0.4) is 0 Å². The molecule has 9 amide bonds. The Balaban J connectivity index is 1.88. The van der Waals surface area contributed by atoms with Crippen molar-refractivity contribution in [3.63, 3.8) is 0 Å². The van der Waals surface area contributed by atoms with Gasteiger partial charge in [-0.05, 0) is 44.4 Å². The maximum Gasteiger partial charge on any atom is 0.374 e. The number of amides is 9. The Hall–Kier alpha value is -6.47. The van der Waals surface area contributed by atoms with E-state index in [0.29, 0.717) is 17.7 Å². The van der Waals surface area contributed by atoms with Crippen molar-refractivity contribution in [3.8, 4) is 0 Å². The van der Waals surface area contributed by atoms with Gasteiger partial charge in [-0.25, -0.2) is 10.2 Å². The molecule has 25 heteroatoms. The van der Waals surface area contributed by atoms with E-state index in [-0.39, 0.29) is 44.8 Å². The van der Waals surface area contributed by atoms with Gasteiger partial charge in [-0.3, -0.25) is 78.5 Å². The molecule has 0 bridgehead atoms. The standard InChI is InChI=1S/C40H61N11O14/c1-6-22(4)36(28(53)15-27(52)23(5)44-20-42-16-30(55)46-24(9-10-29(41)54)37(61)40(64)65)48-31(56)17-43-38(62)25(14-21(2)3)47-39(63)26-8-7-13-50(26)35(60)18-45-49-32(57)19-51-33(58)11-12-34(51)59/h11-12,21-26,36,42,44-45H,6-10,13-20H2,1-5H3,(H2,41,54)(H,43,62)(H,46,55)(H,47,63)(H,48,56)(H,49,57)(H,64,65)/t22-,23-,24-,25-,26-,36?/m0/s1. The summed E-state index contributed by atoms with van der Waals surface area (Å²) in [5, 5.41) is 24.4. The van der Waals surface area contributed by atoms with Crippen LogP contribution in [0.5, 0.6) is 0 Å². The van der Waals surface area contributed by atoms with Gasteiger partial charge in [-0.15, -0.1) is 0 Å². The lowest BCUT2D eigenvalue weighted by molar-refractivity contribution is -0.150. The van der Waals surface area contributed by atoms with E-state index in [9.17, 15) is 62.3 Å². The van der Waals surface area contributed by atoms with Gasteiger partial charge in [0.1, 0.15) is 18.6 Å². The molecule has 0 aromatic carbocycles. The van der Waals surface area contributed by atoms with Crippen molar-refractivity contribution in [1.82, 2.24) is 52.6 Å². The summed E-state index contributed by atoms with van der Waals surface area (Å²) < 4.78 is 0. The van der Waals surface area contributed by atoms with Crippen molar-refractivity contribution in [2.24, 2.45) is 17.6 Å². The molecule has 2 aliphatic rings. The SMILES string of the molecule is CC[C@H](C)C(NC(=O)CNC(=O)[C@H](CC(C)C)NC(=O)[C@@H]1CCCN1C(=O)CNNC(=O)CN1C(=O)C=CC1=O)C(=O)CC(=O)[C@H](C)NCNCC(=O)N[C@@H](CCC(N)=O)C(=O)C(=O)O. The molecule has 11 N–H and O–H groups in total. The van der Waals surface area contributed by atoms with Gasteiger partial charge in [0.05, 0.1) is 44.2 Å². The largest absolute Gasteiger partial charge is 0.475 e. The number of carboxylic acid groups (broad SMARTS) is 1. The van der Waals surface area contributed by atoms with Crippen molar-refractivity contribution in [3.05, 3.63) is 12.2 Å². The predicted molar refractivity (Wildman–Crippen MR) is 226 cm³/mol. The number of carboxylic acids is 1. The van der Waals surface area contributed by atoms with E-state index < -0.39 is 145 Å². The fourth-order valence-corrected chi connectivity index (χ4v) is 6.59. The molecule has 360 valence electrons. The number of carbonyl (C=O) groups is 13. The minimum Gasteiger partial charge on any atom is -0.475 e. The number of hydrogen-bond acceptors (Lipinski definition) is 16. The van der Waals surface area contributed by atoms with E-state index in [1.165, 1.54) is 11.8 Å². The highest BCUT2D eigenvalue weighted by Crippen LogP contribution is 2.18. The van der Waals surface area contributed by atoms with Gasteiger partial charge in [-0.2, -0.15) is 0 Å². The molecule has 0 aromatic heterocycles. The van der Waals surface area contributed by atoms with Gasteiger partial charge in [0.2, 0.25) is 35.4 Å². The molecule has 1 unspecified atom stereocenters. The average molecular weight is 920 g/mol. The summed E-state index contributed by atoms with van der Waals surface area (Å²) in [6, 6.07) is -5.54. The fraction of sp³-hybridized carbons (Fsp3) is 0.625. The molecule has 1 fully saturated rings. The molecule has 25 nitrogen and oxygen atoms in total. The molecule has 0 saturated carbocycles. The number of nitrogens with two attached hydrogens (primary N) is 1. The molecule has 6 atom stereocenters. The zero-order valence-electron chi connectivity index (χ0n) is 37.1. The van der Waals surface area contributed by atoms with Crippen molar-refractivity contribution in [2.45, 2.75) is 110 Å². The molecule has 0 spiro atoms. The van der Waals surface area contributed by atoms with E-state index >= 15 is 0 Å². The second-order valence-corrected chi connectivity index (χ2v) is 16.0. The molecule has 0 aliphatic carbocycles. The molecule has 0 aromatic rings. The zero-order chi connectivity index (χ0) is 49.0. The lowest BCUT2D eigenvalue weighted by Crippen LogP contribution is -2.56. The second kappa shape index (κ2) is 27.0. The second-order valence-electron chi connectivity index (χ2n) is 16.0. The van der Waals surface area contributed by atoms with Crippen LogP contribution in [0.25, 0.3) is 0 Å². The lowest BCUT2D eigenvalue weighted by atomic mass is 9.92. The van der Waals surface area contributed by atoms with Crippen LogP contribution in [-0.2, 0) is 62.3 Å². The first kappa shape index (κ1) is 54.7. The Bertz CT molecular complexity index is 1850. The number of likely N-dealkylation sites (tertiary alicyclic amines) is 1. The monoisotopic (exact) mass is 919 g/mol.